The van der Waals surface area contributed by atoms with E-state index in [4.69, 9.17) is 4.74 Å². The van der Waals surface area contributed by atoms with Crippen molar-refractivity contribution < 1.29 is 14.5 Å². The van der Waals surface area contributed by atoms with Crippen molar-refractivity contribution in [2.75, 3.05) is 11.9 Å². The minimum absolute atomic E-state index is 0.0614. The van der Waals surface area contributed by atoms with Crippen molar-refractivity contribution >= 4 is 23.3 Å². The maximum Gasteiger partial charge on any atom is 0.345 e. The average Bonchev–Trinajstić information content (AvgIpc) is 2.77. The van der Waals surface area contributed by atoms with E-state index < -0.39 is 16.6 Å². The van der Waals surface area contributed by atoms with Gasteiger partial charge in [-0.05, 0) is 19.9 Å². The number of carbonyl (C=O) groups excluding carboxylic acids is 1. The standard InChI is InChI=1S/C13H15N5O4/c1-4-22-13(19)9-5-6-14-12(11(9)18(20)21)15-10-7-8(2)17(3)16-10/h5-7H,4H2,1-3H3,(H,14,15,16). The molecule has 0 aliphatic rings. The molecule has 0 saturated carbocycles. The normalized spacial score (nSPS) is 10.3. The van der Waals surface area contributed by atoms with Crippen LogP contribution in [-0.2, 0) is 11.8 Å². The molecule has 9 nitrogen and oxygen atoms in total. The molecule has 0 spiro atoms. The van der Waals surface area contributed by atoms with Crippen LogP contribution < -0.4 is 5.32 Å². The molecule has 1 N–H and O–H groups in total. The zero-order valence-electron chi connectivity index (χ0n) is 12.4. The highest BCUT2D eigenvalue weighted by molar-refractivity contribution is 5.96. The minimum atomic E-state index is -0.767. The van der Waals surface area contributed by atoms with Gasteiger partial charge in [0.25, 0.3) is 0 Å². The Morgan fingerprint density at radius 2 is 2.27 bits per heavy atom. The first-order chi connectivity index (χ1) is 10.4. The Morgan fingerprint density at radius 3 is 2.82 bits per heavy atom. The number of nitrogens with one attached hydrogen (secondary N) is 1. The fraction of sp³-hybridized carbons (Fsp3) is 0.308. The van der Waals surface area contributed by atoms with Crippen LogP contribution in [0.3, 0.4) is 0 Å². The van der Waals surface area contributed by atoms with E-state index >= 15 is 0 Å². The molecule has 9 heteroatoms. The summed E-state index contributed by atoms with van der Waals surface area (Å²) in [7, 11) is 1.75. The first-order valence-corrected chi connectivity index (χ1v) is 6.52. The molecule has 0 aromatic carbocycles. The molecule has 0 fully saturated rings. The summed E-state index contributed by atoms with van der Waals surface area (Å²) in [5.74, 6) is -0.429. The van der Waals surface area contributed by atoms with Crippen LogP contribution in [0.1, 0.15) is 23.0 Å². The Labute approximate surface area is 126 Å². The van der Waals surface area contributed by atoms with Crippen molar-refractivity contribution in [2.45, 2.75) is 13.8 Å². The lowest BCUT2D eigenvalue weighted by molar-refractivity contribution is -0.384. The predicted molar refractivity (Wildman–Crippen MR) is 78.1 cm³/mol. The van der Waals surface area contributed by atoms with E-state index in [9.17, 15) is 14.9 Å². The van der Waals surface area contributed by atoms with Crippen molar-refractivity contribution in [3.63, 3.8) is 0 Å². The van der Waals surface area contributed by atoms with E-state index in [0.29, 0.717) is 5.82 Å². The van der Waals surface area contributed by atoms with Gasteiger partial charge in [0.15, 0.2) is 5.82 Å². The summed E-state index contributed by atoms with van der Waals surface area (Å²) >= 11 is 0. The molecule has 0 aliphatic carbocycles. The molecule has 2 aromatic rings. The number of ether oxygens (including phenoxy) is 1. The zero-order valence-corrected chi connectivity index (χ0v) is 12.4. The van der Waals surface area contributed by atoms with E-state index in [-0.39, 0.29) is 18.0 Å². The lowest BCUT2D eigenvalue weighted by Gasteiger charge is -2.07. The molecule has 116 valence electrons. The number of hydrogen-bond acceptors (Lipinski definition) is 7. The van der Waals surface area contributed by atoms with E-state index in [1.807, 2.05) is 6.92 Å². The van der Waals surface area contributed by atoms with E-state index in [2.05, 4.69) is 15.4 Å². The van der Waals surface area contributed by atoms with Crippen molar-refractivity contribution in [1.82, 2.24) is 14.8 Å². The van der Waals surface area contributed by atoms with Gasteiger partial charge in [0.05, 0.1) is 11.5 Å². The van der Waals surface area contributed by atoms with Gasteiger partial charge in [-0.3, -0.25) is 14.8 Å². The third kappa shape index (κ3) is 3.03. The van der Waals surface area contributed by atoms with Crippen LogP contribution in [0.5, 0.6) is 0 Å². The molecule has 2 rings (SSSR count). The lowest BCUT2D eigenvalue weighted by Crippen LogP contribution is -2.10. The highest BCUT2D eigenvalue weighted by Gasteiger charge is 2.27. The molecular formula is C13H15N5O4. The van der Waals surface area contributed by atoms with Gasteiger partial charge in [-0.2, -0.15) is 5.10 Å². The van der Waals surface area contributed by atoms with Crippen molar-refractivity contribution in [1.29, 1.82) is 0 Å². The Bertz CT molecular complexity index is 706. The third-order valence-corrected chi connectivity index (χ3v) is 2.96. The molecule has 2 heterocycles. The van der Waals surface area contributed by atoms with Crippen LogP contribution >= 0.6 is 0 Å². The molecule has 0 unspecified atom stereocenters. The van der Waals surface area contributed by atoms with Gasteiger partial charge in [0.2, 0.25) is 5.82 Å². The van der Waals surface area contributed by atoms with Crippen LogP contribution in [0, 0.1) is 17.0 Å². The van der Waals surface area contributed by atoms with Gasteiger partial charge < -0.3 is 10.1 Å². The highest BCUT2D eigenvalue weighted by Crippen LogP contribution is 2.29. The smallest absolute Gasteiger partial charge is 0.345 e. The quantitative estimate of drug-likeness (QED) is 0.510. The number of nitrogens with zero attached hydrogens (tertiary/aromatic N) is 4. The molecular weight excluding hydrogens is 290 g/mol. The SMILES string of the molecule is CCOC(=O)c1ccnc(Nc2cc(C)n(C)n2)c1[N+](=O)[O-]. The second kappa shape index (κ2) is 6.20. The zero-order chi connectivity index (χ0) is 16.3. The predicted octanol–water partition coefficient (Wildman–Crippen LogP) is 1.95. The molecule has 22 heavy (non-hydrogen) atoms. The van der Waals surface area contributed by atoms with Crippen molar-refractivity contribution in [3.8, 4) is 0 Å². The summed E-state index contributed by atoms with van der Waals surface area (Å²) in [6.07, 6.45) is 1.30. The summed E-state index contributed by atoms with van der Waals surface area (Å²) in [5, 5.41) is 18.2. The van der Waals surface area contributed by atoms with E-state index in [0.717, 1.165) is 5.69 Å². The largest absolute Gasteiger partial charge is 0.462 e. The Hall–Kier alpha value is -2.97. The molecule has 0 bridgehead atoms. The second-order valence-corrected chi connectivity index (χ2v) is 4.45. The average molecular weight is 305 g/mol. The fourth-order valence-corrected chi connectivity index (χ4v) is 1.85. The summed E-state index contributed by atoms with van der Waals surface area (Å²) in [4.78, 5) is 26.4. The van der Waals surface area contributed by atoms with Gasteiger partial charge in [0, 0.05) is 25.0 Å². The Kier molecular flexibility index (Phi) is 4.35. The first-order valence-electron chi connectivity index (χ1n) is 6.52. The summed E-state index contributed by atoms with van der Waals surface area (Å²) in [6.45, 7) is 3.59. The maximum absolute atomic E-state index is 11.8. The van der Waals surface area contributed by atoms with Gasteiger partial charge >= 0.3 is 11.7 Å². The van der Waals surface area contributed by atoms with Gasteiger partial charge in [-0.25, -0.2) is 9.78 Å². The number of anilines is 2. The van der Waals surface area contributed by atoms with Crippen molar-refractivity contribution in [3.05, 3.63) is 39.7 Å². The summed E-state index contributed by atoms with van der Waals surface area (Å²) < 4.78 is 6.44. The molecule has 0 amide bonds. The van der Waals surface area contributed by atoms with Gasteiger partial charge in [0.1, 0.15) is 5.56 Å². The summed E-state index contributed by atoms with van der Waals surface area (Å²) in [6, 6.07) is 2.97. The number of hydrogen-bond donors (Lipinski definition) is 1. The van der Waals surface area contributed by atoms with Crippen LogP contribution in [0.2, 0.25) is 0 Å². The van der Waals surface area contributed by atoms with Crippen molar-refractivity contribution in [2.24, 2.45) is 7.05 Å². The number of aromatic nitrogens is 3. The molecule has 0 atom stereocenters. The molecule has 0 aliphatic heterocycles. The second-order valence-electron chi connectivity index (χ2n) is 4.45. The maximum atomic E-state index is 11.8. The molecule has 0 radical (unpaired) electrons. The number of pyridine rings is 1. The topological polar surface area (TPSA) is 112 Å². The monoisotopic (exact) mass is 305 g/mol. The molecule has 0 saturated heterocycles. The molecule has 2 aromatic heterocycles. The number of carbonyl (C=O) groups is 1. The highest BCUT2D eigenvalue weighted by atomic mass is 16.6. The Balaban J connectivity index is 2.44. The minimum Gasteiger partial charge on any atom is -0.462 e. The summed E-state index contributed by atoms with van der Waals surface area (Å²) in [5.41, 5.74) is 0.271. The number of nitro groups is 1. The Morgan fingerprint density at radius 1 is 1.55 bits per heavy atom. The van der Waals surface area contributed by atoms with Crippen LogP contribution in [0.15, 0.2) is 18.3 Å². The number of rotatable bonds is 5. The number of esters is 1. The van der Waals surface area contributed by atoms with E-state index in [1.165, 1.54) is 12.3 Å². The third-order valence-electron chi connectivity index (χ3n) is 2.96. The lowest BCUT2D eigenvalue weighted by atomic mass is 10.2. The first kappa shape index (κ1) is 15.4. The van der Waals surface area contributed by atoms with Crippen LogP contribution in [0.4, 0.5) is 17.3 Å². The van der Waals surface area contributed by atoms with Crippen LogP contribution in [-0.4, -0.2) is 32.3 Å². The van der Waals surface area contributed by atoms with Gasteiger partial charge in [-0.1, -0.05) is 0 Å². The van der Waals surface area contributed by atoms with E-state index in [1.54, 1.807) is 24.7 Å². The number of aryl methyl sites for hydroxylation is 2. The fourth-order valence-electron chi connectivity index (χ4n) is 1.85. The van der Waals surface area contributed by atoms with Gasteiger partial charge in [-0.15, -0.1) is 0 Å². The van der Waals surface area contributed by atoms with Crippen LogP contribution in [0.25, 0.3) is 0 Å².